The van der Waals surface area contributed by atoms with E-state index in [0.29, 0.717) is 0 Å². The molecular weight excluding hydrogens is 258 g/mol. The summed E-state index contributed by atoms with van der Waals surface area (Å²) in [5.41, 5.74) is -0.0532. The van der Waals surface area contributed by atoms with Crippen LogP contribution in [0.4, 0.5) is 8.78 Å². The lowest BCUT2D eigenvalue weighted by Crippen LogP contribution is -2.05. The van der Waals surface area contributed by atoms with E-state index < -0.39 is 17.6 Å². The highest BCUT2D eigenvalue weighted by molar-refractivity contribution is 5.86. The lowest BCUT2D eigenvalue weighted by Gasteiger charge is -2.05. The molecule has 0 N–H and O–H groups in total. The van der Waals surface area contributed by atoms with Gasteiger partial charge in [0.1, 0.15) is 5.75 Å². The van der Waals surface area contributed by atoms with Crippen LogP contribution < -0.4 is 4.74 Å². The summed E-state index contributed by atoms with van der Waals surface area (Å²) in [7, 11) is 1.20. The molecule has 1 heterocycles. The van der Waals surface area contributed by atoms with Crippen molar-refractivity contribution in [1.82, 2.24) is 9.97 Å². The molecule has 0 saturated heterocycles. The number of benzene rings is 1. The summed E-state index contributed by atoms with van der Waals surface area (Å²) in [5.74, 6) is -2.70. The molecule has 0 atom stereocenters. The first kappa shape index (κ1) is 12.9. The first-order chi connectivity index (χ1) is 9.10. The van der Waals surface area contributed by atoms with Gasteiger partial charge in [0.05, 0.1) is 19.5 Å². The average Bonchev–Trinajstić information content (AvgIpc) is 2.42. The second-order valence-electron chi connectivity index (χ2n) is 3.41. The zero-order valence-corrected chi connectivity index (χ0v) is 9.76. The van der Waals surface area contributed by atoms with E-state index in [4.69, 9.17) is 4.74 Å². The number of halogens is 2. The third kappa shape index (κ3) is 3.01. The zero-order valence-electron chi connectivity index (χ0n) is 9.76. The quantitative estimate of drug-likeness (QED) is 0.798. The molecule has 0 saturated carbocycles. The third-order valence-corrected chi connectivity index (χ3v) is 2.12. The van der Waals surface area contributed by atoms with E-state index in [9.17, 15) is 13.6 Å². The van der Waals surface area contributed by atoms with Crippen LogP contribution in [0.25, 0.3) is 0 Å². The van der Waals surface area contributed by atoms with Crippen molar-refractivity contribution in [3.63, 3.8) is 0 Å². The Hall–Kier alpha value is -2.57. The largest absolute Gasteiger partial charge is 0.464 e. The Kier molecular flexibility index (Phi) is 3.65. The van der Waals surface area contributed by atoms with Gasteiger partial charge in [0.25, 0.3) is 0 Å². The lowest BCUT2D eigenvalue weighted by atomic mass is 10.3. The Labute approximate surface area is 106 Å². The summed E-state index contributed by atoms with van der Waals surface area (Å²) in [6.07, 6.45) is 2.43. The van der Waals surface area contributed by atoms with Crippen molar-refractivity contribution in [3.8, 4) is 11.6 Å². The van der Waals surface area contributed by atoms with Crippen LogP contribution in [0.1, 0.15) is 10.5 Å². The van der Waals surface area contributed by atoms with Gasteiger partial charge in [0, 0.05) is 6.07 Å². The predicted molar refractivity (Wildman–Crippen MR) is 59.8 cm³/mol. The highest BCUT2D eigenvalue weighted by atomic mass is 19.2. The van der Waals surface area contributed by atoms with E-state index >= 15 is 0 Å². The summed E-state index contributed by atoms with van der Waals surface area (Å²) >= 11 is 0. The number of carbonyl (C=O) groups excluding carboxylic acids is 1. The number of aromatic nitrogens is 2. The van der Waals surface area contributed by atoms with Gasteiger partial charge >= 0.3 is 5.97 Å². The molecule has 19 heavy (non-hydrogen) atoms. The number of rotatable bonds is 3. The Morgan fingerprint density at radius 1 is 1.21 bits per heavy atom. The molecular formula is C12H8F2N2O3. The Balaban J connectivity index is 2.23. The van der Waals surface area contributed by atoms with Gasteiger partial charge in [-0.15, -0.1) is 0 Å². The number of methoxy groups -OCH3 is 1. The molecule has 7 heteroatoms. The number of hydrogen-bond acceptors (Lipinski definition) is 5. The monoisotopic (exact) mass is 266 g/mol. The number of carbonyl (C=O) groups is 1. The lowest BCUT2D eigenvalue weighted by molar-refractivity contribution is 0.0592. The van der Waals surface area contributed by atoms with E-state index in [-0.39, 0.29) is 17.3 Å². The van der Waals surface area contributed by atoms with E-state index in [0.717, 1.165) is 12.1 Å². The normalized spacial score (nSPS) is 10.1. The predicted octanol–water partition coefficient (Wildman–Crippen LogP) is 2.33. The molecule has 1 aromatic heterocycles. The van der Waals surface area contributed by atoms with Crippen LogP contribution in [0.3, 0.4) is 0 Å². The maximum absolute atomic E-state index is 13.0. The maximum Gasteiger partial charge on any atom is 0.358 e. The van der Waals surface area contributed by atoms with Crippen molar-refractivity contribution in [2.75, 3.05) is 7.11 Å². The molecule has 0 aliphatic rings. The second kappa shape index (κ2) is 5.38. The highest BCUT2D eigenvalue weighted by Crippen LogP contribution is 2.21. The second-order valence-corrected chi connectivity index (χ2v) is 3.41. The molecule has 0 radical (unpaired) electrons. The molecule has 0 aliphatic carbocycles. The van der Waals surface area contributed by atoms with E-state index in [1.165, 1.54) is 25.6 Å². The first-order valence-corrected chi connectivity index (χ1v) is 5.13. The molecule has 98 valence electrons. The van der Waals surface area contributed by atoms with Gasteiger partial charge in [-0.25, -0.2) is 18.6 Å². The van der Waals surface area contributed by atoms with Crippen LogP contribution in [0.2, 0.25) is 0 Å². The van der Waals surface area contributed by atoms with E-state index in [1.54, 1.807) is 0 Å². The number of nitrogens with zero attached hydrogens (tertiary/aromatic N) is 2. The fourth-order valence-electron chi connectivity index (χ4n) is 1.26. The van der Waals surface area contributed by atoms with E-state index in [2.05, 4.69) is 14.7 Å². The van der Waals surface area contributed by atoms with Crippen molar-refractivity contribution < 1.29 is 23.0 Å². The van der Waals surface area contributed by atoms with Gasteiger partial charge in [-0.3, -0.25) is 4.98 Å². The van der Waals surface area contributed by atoms with Gasteiger partial charge < -0.3 is 9.47 Å². The van der Waals surface area contributed by atoms with Gasteiger partial charge in [0.2, 0.25) is 5.88 Å². The maximum atomic E-state index is 13.0. The summed E-state index contributed by atoms with van der Waals surface area (Å²) in [5, 5.41) is 0. The van der Waals surface area contributed by atoms with Crippen molar-refractivity contribution in [2.24, 2.45) is 0 Å². The van der Waals surface area contributed by atoms with Crippen LogP contribution in [0, 0.1) is 11.6 Å². The third-order valence-electron chi connectivity index (χ3n) is 2.12. The first-order valence-electron chi connectivity index (χ1n) is 5.13. The van der Waals surface area contributed by atoms with Crippen molar-refractivity contribution in [2.45, 2.75) is 0 Å². The van der Waals surface area contributed by atoms with Crippen molar-refractivity contribution >= 4 is 5.97 Å². The molecule has 0 spiro atoms. The van der Waals surface area contributed by atoms with E-state index in [1.807, 2.05) is 0 Å². The Morgan fingerprint density at radius 3 is 2.68 bits per heavy atom. The molecule has 0 unspecified atom stereocenters. The summed E-state index contributed by atoms with van der Waals surface area (Å²) < 4.78 is 35.3. The molecule has 2 rings (SSSR count). The number of esters is 1. The van der Waals surface area contributed by atoms with Crippen LogP contribution >= 0.6 is 0 Å². The minimum atomic E-state index is -1.05. The fourth-order valence-corrected chi connectivity index (χ4v) is 1.26. The summed E-state index contributed by atoms with van der Waals surface area (Å²) in [6.45, 7) is 0. The van der Waals surface area contributed by atoms with Gasteiger partial charge in [-0.05, 0) is 12.1 Å². The number of ether oxygens (including phenoxy) is 2. The smallest absolute Gasteiger partial charge is 0.358 e. The van der Waals surface area contributed by atoms with Gasteiger partial charge in [-0.2, -0.15) is 0 Å². The van der Waals surface area contributed by atoms with Crippen LogP contribution in [-0.4, -0.2) is 23.0 Å². The highest BCUT2D eigenvalue weighted by Gasteiger charge is 2.10. The number of hydrogen-bond donors (Lipinski definition) is 0. The molecule has 0 aliphatic heterocycles. The van der Waals surface area contributed by atoms with Gasteiger partial charge in [-0.1, -0.05) is 0 Å². The van der Waals surface area contributed by atoms with Crippen molar-refractivity contribution in [3.05, 3.63) is 47.9 Å². The summed E-state index contributed by atoms with van der Waals surface area (Å²) in [6, 6.07) is 3.01. The minimum absolute atomic E-state index is 0.0334. The molecule has 1 aromatic carbocycles. The average molecular weight is 266 g/mol. The van der Waals surface area contributed by atoms with Crippen LogP contribution in [0.5, 0.6) is 11.6 Å². The molecule has 2 aromatic rings. The standard InChI is InChI=1S/C12H8F2N2O3/c1-18-12(17)10-5-15-6-11(16-10)19-7-2-3-8(13)9(14)4-7/h2-6H,1H3. The molecule has 0 fully saturated rings. The van der Waals surface area contributed by atoms with Crippen LogP contribution in [0.15, 0.2) is 30.6 Å². The molecule has 0 amide bonds. The fraction of sp³-hybridized carbons (Fsp3) is 0.0833. The molecule has 0 bridgehead atoms. The van der Waals surface area contributed by atoms with Crippen molar-refractivity contribution in [1.29, 1.82) is 0 Å². The van der Waals surface area contributed by atoms with Gasteiger partial charge in [0.15, 0.2) is 17.3 Å². The van der Waals surface area contributed by atoms with Crippen LogP contribution in [-0.2, 0) is 4.74 Å². The molecule has 5 nitrogen and oxygen atoms in total. The SMILES string of the molecule is COC(=O)c1cncc(Oc2ccc(F)c(F)c2)n1. The summed E-state index contributed by atoms with van der Waals surface area (Å²) in [4.78, 5) is 18.8. The Bertz CT molecular complexity index is 620. The minimum Gasteiger partial charge on any atom is -0.464 e. The Morgan fingerprint density at radius 2 is 2.00 bits per heavy atom. The topological polar surface area (TPSA) is 61.3 Å². The zero-order chi connectivity index (χ0) is 13.8.